The summed E-state index contributed by atoms with van der Waals surface area (Å²) >= 11 is 5.35. The maximum atomic E-state index is 11.6. The lowest BCUT2D eigenvalue weighted by Crippen LogP contribution is -2.46. The molecular formula is C12H20N2O4S3. The zero-order valence-electron chi connectivity index (χ0n) is 11.9. The Labute approximate surface area is 131 Å². The second kappa shape index (κ2) is 6.21. The molecule has 1 saturated heterocycles. The molecule has 21 heavy (non-hydrogen) atoms. The van der Waals surface area contributed by atoms with Gasteiger partial charge in [-0.1, -0.05) is 6.92 Å². The van der Waals surface area contributed by atoms with Crippen molar-refractivity contribution >= 4 is 37.0 Å². The van der Waals surface area contributed by atoms with Gasteiger partial charge < -0.3 is 10.2 Å². The van der Waals surface area contributed by atoms with Crippen LogP contribution in [0.3, 0.4) is 0 Å². The van der Waals surface area contributed by atoms with Gasteiger partial charge in [0.25, 0.3) is 0 Å². The fourth-order valence-corrected chi connectivity index (χ4v) is 5.93. The molecule has 1 atom stereocenters. The standard InChI is InChI=1S/C12H20N2O4S3/c1-2-5-14(11-4-7-21(17,18)9-11)12(19)13-10-3-6-20(15,16)8-10/h3,11H,2,4-9H2,1H3,(H,13,19). The van der Waals surface area contributed by atoms with Crippen LogP contribution in [-0.2, 0) is 19.7 Å². The maximum absolute atomic E-state index is 11.6. The Morgan fingerprint density at radius 3 is 2.57 bits per heavy atom. The molecule has 120 valence electrons. The lowest BCUT2D eigenvalue weighted by molar-refractivity contribution is 0.332. The first kappa shape index (κ1) is 16.7. The lowest BCUT2D eigenvalue weighted by atomic mass is 10.2. The highest BCUT2D eigenvalue weighted by Gasteiger charge is 2.33. The Hall–Kier alpha value is -0.670. The van der Waals surface area contributed by atoms with Gasteiger partial charge >= 0.3 is 0 Å². The molecular weight excluding hydrogens is 332 g/mol. The molecule has 2 heterocycles. The minimum atomic E-state index is -3.05. The van der Waals surface area contributed by atoms with Crippen LogP contribution in [-0.4, -0.2) is 62.4 Å². The molecule has 0 aliphatic carbocycles. The third-order valence-corrected chi connectivity index (χ3v) is 7.11. The van der Waals surface area contributed by atoms with Crippen molar-refractivity contribution in [2.24, 2.45) is 0 Å². The van der Waals surface area contributed by atoms with Crippen molar-refractivity contribution < 1.29 is 16.8 Å². The van der Waals surface area contributed by atoms with Crippen LogP contribution in [0.15, 0.2) is 11.8 Å². The summed E-state index contributed by atoms with van der Waals surface area (Å²) < 4.78 is 46.1. The van der Waals surface area contributed by atoms with Crippen molar-refractivity contribution in [2.75, 3.05) is 29.6 Å². The molecule has 1 N–H and O–H groups in total. The zero-order chi connectivity index (χ0) is 15.7. The van der Waals surface area contributed by atoms with Crippen molar-refractivity contribution in [3.63, 3.8) is 0 Å². The Balaban J connectivity index is 2.03. The predicted molar refractivity (Wildman–Crippen MR) is 86.5 cm³/mol. The Morgan fingerprint density at radius 2 is 2.10 bits per heavy atom. The second-order valence-electron chi connectivity index (χ2n) is 5.46. The van der Waals surface area contributed by atoms with E-state index >= 15 is 0 Å². The predicted octanol–water partition coefficient (Wildman–Crippen LogP) is 0.0723. The van der Waals surface area contributed by atoms with Gasteiger partial charge in [-0.05, 0) is 31.1 Å². The van der Waals surface area contributed by atoms with Crippen molar-refractivity contribution in [2.45, 2.75) is 25.8 Å². The van der Waals surface area contributed by atoms with Gasteiger partial charge in [0.05, 0.1) is 23.0 Å². The number of thiocarbonyl (C=S) groups is 1. The SMILES string of the molecule is CCCN(C(=S)NC1=CCS(=O)(=O)C1)C1CCS(=O)(=O)C1. The third kappa shape index (κ3) is 4.40. The first-order chi connectivity index (χ1) is 9.72. The molecule has 1 unspecified atom stereocenters. The average Bonchev–Trinajstić information content (AvgIpc) is 2.88. The molecule has 2 rings (SSSR count). The first-order valence-corrected chi connectivity index (χ1v) is 10.9. The fourth-order valence-electron chi connectivity index (χ4n) is 2.59. The molecule has 1 fully saturated rings. The molecule has 0 aromatic rings. The summed E-state index contributed by atoms with van der Waals surface area (Å²) in [7, 11) is -6.02. The van der Waals surface area contributed by atoms with Gasteiger partial charge in [-0.3, -0.25) is 0 Å². The average molecular weight is 353 g/mol. The van der Waals surface area contributed by atoms with Crippen LogP contribution in [0.5, 0.6) is 0 Å². The van der Waals surface area contributed by atoms with E-state index in [0.29, 0.717) is 23.8 Å². The molecule has 2 aliphatic rings. The monoisotopic (exact) mass is 352 g/mol. The van der Waals surface area contributed by atoms with Gasteiger partial charge in [-0.15, -0.1) is 0 Å². The summed E-state index contributed by atoms with van der Waals surface area (Å²) in [5.41, 5.74) is 0.585. The van der Waals surface area contributed by atoms with Crippen molar-refractivity contribution in [3.05, 3.63) is 11.8 Å². The van der Waals surface area contributed by atoms with Gasteiger partial charge in [0, 0.05) is 18.3 Å². The number of hydrogen-bond donors (Lipinski definition) is 1. The molecule has 0 radical (unpaired) electrons. The Kier molecular flexibility index (Phi) is 4.94. The van der Waals surface area contributed by atoms with Crippen LogP contribution in [0.4, 0.5) is 0 Å². The quantitative estimate of drug-likeness (QED) is 0.717. The molecule has 9 heteroatoms. The van der Waals surface area contributed by atoms with Crippen LogP contribution < -0.4 is 5.32 Å². The van der Waals surface area contributed by atoms with Crippen LogP contribution in [0.1, 0.15) is 19.8 Å². The van der Waals surface area contributed by atoms with E-state index in [1.807, 2.05) is 11.8 Å². The van der Waals surface area contributed by atoms with Crippen LogP contribution in [0, 0.1) is 0 Å². The molecule has 0 aromatic heterocycles. The summed E-state index contributed by atoms with van der Waals surface area (Å²) in [6.45, 7) is 2.66. The van der Waals surface area contributed by atoms with Crippen LogP contribution in [0.25, 0.3) is 0 Å². The van der Waals surface area contributed by atoms with Gasteiger partial charge in [0.2, 0.25) is 0 Å². The summed E-state index contributed by atoms with van der Waals surface area (Å²) in [4.78, 5) is 1.88. The molecule has 0 saturated carbocycles. The number of rotatable bonds is 4. The smallest absolute Gasteiger partial charge is 0.173 e. The van der Waals surface area contributed by atoms with Crippen molar-refractivity contribution in [3.8, 4) is 0 Å². The molecule has 6 nitrogen and oxygen atoms in total. The van der Waals surface area contributed by atoms with Crippen LogP contribution >= 0.6 is 12.2 Å². The molecule has 0 aromatic carbocycles. The number of hydrogen-bond acceptors (Lipinski definition) is 5. The van der Waals surface area contributed by atoms with E-state index in [9.17, 15) is 16.8 Å². The van der Waals surface area contributed by atoms with Gasteiger partial charge in [-0.2, -0.15) is 0 Å². The van der Waals surface area contributed by atoms with E-state index in [-0.39, 0.29) is 29.1 Å². The minimum absolute atomic E-state index is 0.0313. The van der Waals surface area contributed by atoms with E-state index in [1.54, 1.807) is 6.08 Å². The van der Waals surface area contributed by atoms with E-state index in [1.165, 1.54) is 0 Å². The van der Waals surface area contributed by atoms with E-state index in [4.69, 9.17) is 12.2 Å². The first-order valence-electron chi connectivity index (χ1n) is 6.90. The normalized spacial score (nSPS) is 26.3. The van der Waals surface area contributed by atoms with Gasteiger partial charge in [-0.25, -0.2) is 16.8 Å². The van der Waals surface area contributed by atoms with E-state index in [0.717, 1.165) is 6.42 Å². The molecule has 0 amide bonds. The summed E-state index contributed by atoms with van der Waals surface area (Å²) in [5.74, 6) is 0.309. The highest BCUT2D eigenvalue weighted by molar-refractivity contribution is 7.92. The number of nitrogens with one attached hydrogen (secondary N) is 1. The fraction of sp³-hybridized carbons (Fsp3) is 0.750. The van der Waals surface area contributed by atoms with Gasteiger partial charge in [0.15, 0.2) is 24.8 Å². The number of nitrogens with zero attached hydrogens (tertiary/aromatic N) is 1. The van der Waals surface area contributed by atoms with Gasteiger partial charge in [0.1, 0.15) is 0 Å². The summed E-state index contributed by atoms with van der Waals surface area (Å²) in [5, 5.41) is 3.39. The highest BCUT2D eigenvalue weighted by Crippen LogP contribution is 2.19. The minimum Gasteiger partial charge on any atom is -0.345 e. The van der Waals surface area contributed by atoms with Crippen molar-refractivity contribution in [1.29, 1.82) is 0 Å². The maximum Gasteiger partial charge on any atom is 0.173 e. The topological polar surface area (TPSA) is 83.6 Å². The Bertz CT molecular complexity index is 652. The van der Waals surface area contributed by atoms with Crippen LogP contribution in [0.2, 0.25) is 0 Å². The second-order valence-corrected chi connectivity index (χ2v) is 10.2. The van der Waals surface area contributed by atoms with Crippen molar-refractivity contribution in [1.82, 2.24) is 10.2 Å². The zero-order valence-corrected chi connectivity index (χ0v) is 14.4. The highest BCUT2D eigenvalue weighted by atomic mass is 32.2. The molecule has 0 spiro atoms. The summed E-state index contributed by atoms with van der Waals surface area (Å²) in [6, 6.07) is -0.117. The molecule has 2 aliphatic heterocycles. The number of sulfone groups is 2. The summed E-state index contributed by atoms with van der Waals surface area (Å²) in [6.07, 6.45) is 3.04. The lowest BCUT2D eigenvalue weighted by Gasteiger charge is -2.30. The van der Waals surface area contributed by atoms with E-state index in [2.05, 4.69) is 5.32 Å². The largest absolute Gasteiger partial charge is 0.345 e. The van der Waals surface area contributed by atoms with E-state index < -0.39 is 19.7 Å². The Morgan fingerprint density at radius 1 is 1.38 bits per heavy atom. The molecule has 0 bridgehead atoms. The third-order valence-electron chi connectivity index (χ3n) is 3.60.